The van der Waals surface area contributed by atoms with E-state index in [4.69, 9.17) is 5.11 Å². The minimum Gasteiger partial charge on any atom is -0.505 e. The van der Waals surface area contributed by atoms with Gasteiger partial charge in [0.1, 0.15) is 0 Å². The van der Waals surface area contributed by atoms with Crippen LogP contribution in [0.2, 0.25) is 0 Å². The highest BCUT2D eigenvalue weighted by Gasteiger charge is 2.12. The molecule has 2 heterocycles. The van der Waals surface area contributed by atoms with Crippen LogP contribution in [0.3, 0.4) is 0 Å². The molecule has 0 saturated carbocycles. The van der Waals surface area contributed by atoms with Gasteiger partial charge in [-0.05, 0) is 19.4 Å². The topological polar surface area (TPSA) is 50.1 Å². The Kier molecular flexibility index (Phi) is 2.49. The lowest BCUT2D eigenvalue weighted by Crippen LogP contribution is -2.37. The van der Waals surface area contributed by atoms with Crippen LogP contribution in [0.4, 0.5) is 0 Å². The van der Waals surface area contributed by atoms with Crippen molar-refractivity contribution in [3.63, 3.8) is 0 Å². The Morgan fingerprint density at radius 2 is 2.54 bits per heavy atom. The first-order chi connectivity index (χ1) is 6.34. The third kappa shape index (κ3) is 2.21. The Morgan fingerprint density at radius 1 is 1.62 bits per heavy atom. The third-order valence-corrected chi connectivity index (χ3v) is 2.44. The molecule has 1 unspecified atom stereocenters. The van der Waals surface area contributed by atoms with Gasteiger partial charge in [-0.25, -0.2) is 0 Å². The number of rotatable bonds is 2. The van der Waals surface area contributed by atoms with Gasteiger partial charge in [0.05, 0.1) is 18.9 Å². The Morgan fingerprint density at radius 3 is 3.15 bits per heavy atom. The maximum Gasteiger partial charge on any atom is 0.153 e. The lowest BCUT2D eigenvalue weighted by atomic mass is 10.1. The quantitative estimate of drug-likeness (QED) is 0.707. The van der Waals surface area contributed by atoms with Crippen LogP contribution in [-0.2, 0) is 6.54 Å². The molecular formula is C9H15N3O. The second-order valence-corrected chi connectivity index (χ2v) is 3.57. The third-order valence-electron chi connectivity index (χ3n) is 2.44. The van der Waals surface area contributed by atoms with Crippen LogP contribution in [0.5, 0.6) is 5.75 Å². The number of nitrogens with one attached hydrogen (secondary N) is 1. The Bertz CT molecular complexity index is 266. The fourth-order valence-electron chi connectivity index (χ4n) is 1.76. The monoisotopic (exact) mass is 181 g/mol. The molecule has 0 amide bonds. The second kappa shape index (κ2) is 3.79. The number of nitrogens with zero attached hydrogens (tertiary/aromatic N) is 2. The predicted octanol–water partition coefficient (Wildman–Crippen LogP) is 0.731. The molecule has 72 valence electrons. The molecule has 0 radical (unpaired) electrons. The number of hydrogen-bond acceptors (Lipinski definition) is 3. The summed E-state index contributed by atoms with van der Waals surface area (Å²) in [5.41, 5.74) is 0. The number of piperidine rings is 1. The second-order valence-electron chi connectivity index (χ2n) is 3.57. The minimum atomic E-state index is 0.246. The zero-order valence-corrected chi connectivity index (χ0v) is 7.61. The maximum atomic E-state index is 9.08. The first-order valence-electron chi connectivity index (χ1n) is 4.79. The zero-order chi connectivity index (χ0) is 9.10. The normalized spacial score (nSPS) is 23.2. The van der Waals surface area contributed by atoms with E-state index in [1.54, 1.807) is 10.9 Å². The summed E-state index contributed by atoms with van der Waals surface area (Å²) in [6.45, 7) is 1.97. The van der Waals surface area contributed by atoms with E-state index in [0.717, 1.165) is 13.1 Å². The van der Waals surface area contributed by atoms with E-state index in [-0.39, 0.29) is 5.75 Å². The predicted molar refractivity (Wildman–Crippen MR) is 49.5 cm³/mol. The maximum absolute atomic E-state index is 9.08. The molecule has 1 aromatic heterocycles. The van der Waals surface area contributed by atoms with E-state index < -0.39 is 0 Å². The van der Waals surface area contributed by atoms with E-state index in [2.05, 4.69) is 10.4 Å². The Balaban J connectivity index is 1.89. The van der Waals surface area contributed by atoms with Gasteiger partial charge in [-0.1, -0.05) is 6.42 Å². The summed E-state index contributed by atoms with van der Waals surface area (Å²) in [5, 5.41) is 16.5. The van der Waals surface area contributed by atoms with Gasteiger partial charge in [0.15, 0.2) is 5.75 Å². The van der Waals surface area contributed by atoms with Crippen molar-refractivity contribution in [2.45, 2.75) is 31.8 Å². The SMILES string of the molecule is Oc1cnn(CC2CCCCN2)c1. The first-order valence-corrected chi connectivity index (χ1v) is 4.79. The van der Waals surface area contributed by atoms with Gasteiger partial charge in [0, 0.05) is 6.04 Å². The summed E-state index contributed by atoms with van der Waals surface area (Å²) in [4.78, 5) is 0. The number of aromatic nitrogens is 2. The molecule has 2 N–H and O–H groups in total. The van der Waals surface area contributed by atoms with Gasteiger partial charge in [-0.3, -0.25) is 4.68 Å². The van der Waals surface area contributed by atoms with Gasteiger partial charge in [0.25, 0.3) is 0 Å². The molecule has 4 heteroatoms. The van der Waals surface area contributed by atoms with Crippen LogP contribution in [0.25, 0.3) is 0 Å². The average Bonchev–Trinajstić information content (AvgIpc) is 2.53. The molecule has 1 saturated heterocycles. The van der Waals surface area contributed by atoms with Crippen molar-refractivity contribution in [3.05, 3.63) is 12.4 Å². The summed E-state index contributed by atoms with van der Waals surface area (Å²) < 4.78 is 1.79. The van der Waals surface area contributed by atoms with Crippen LogP contribution in [0, 0.1) is 0 Å². The standard InChI is InChI=1S/C9H15N3O/c13-9-5-11-12(7-9)6-8-3-1-2-4-10-8/h5,7-8,10,13H,1-4,6H2. The molecule has 4 nitrogen and oxygen atoms in total. The number of aromatic hydroxyl groups is 1. The van der Waals surface area contributed by atoms with Crippen LogP contribution in [0.15, 0.2) is 12.4 Å². The van der Waals surface area contributed by atoms with E-state index in [9.17, 15) is 0 Å². The van der Waals surface area contributed by atoms with Crippen molar-refractivity contribution in [3.8, 4) is 5.75 Å². The van der Waals surface area contributed by atoms with Crippen molar-refractivity contribution in [2.75, 3.05) is 6.54 Å². The highest BCUT2D eigenvalue weighted by Crippen LogP contribution is 2.10. The zero-order valence-electron chi connectivity index (χ0n) is 7.61. The molecule has 1 aliphatic rings. The Hall–Kier alpha value is -1.03. The molecule has 1 fully saturated rings. The van der Waals surface area contributed by atoms with Crippen LogP contribution < -0.4 is 5.32 Å². The van der Waals surface area contributed by atoms with Gasteiger partial charge in [0.2, 0.25) is 0 Å². The van der Waals surface area contributed by atoms with E-state index in [0.29, 0.717) is 6.04 Å². The van der Waals surface area contributed by atoms with Crippen molar-refractivity contribution in [1.82, 2.24) is 15.1 Å². The summed E-state index contributed by atoms with van der Waals surface area (Å²) in [5.74, 6) is 0.246. The fraction of sp³-hybridized carbons (Fsp3) is 0.667. The molecule has 1 aliphatic heterocycles. The van der Waals surface area contributed by atoms with E-state index in [1.165, 1.54) is 25.5 Å². The van der Waals surface area contributed by atoms with Crippen molar-refractivity contribution >= 4 is 0 Å². The summed E-state index contributed by atoms with van der Waals surface area (Å²) in [6.07, 6.45) is 6.92. The minimum absolute atomic E-state index is 0.246. The van der Waals surface area contributed by atoms with Crippen LogP contribution in [0.1, 0.15) is 19.3 Å². The van der Waals surface area contributed by atoms with Gasteiger partial charge in [-0.15, -0.1) is 0 Å². The van der Waals surface area contributed by atoms with Crippen LogP contribution in [-0.4, -0.2) is 27.5 Å². The van der Waals surface area contributed by atoms with Crippen molar-refractivity contribution in [2.24, 2.45) is 0 Å². The van der Waals surface area contributed by atoms with Crippen molar-refractivity contribution < 1.29 is 5.11 Å². The lowest BCUT2D eigenvalue weighted by Gasteiger charge is -2.23. The number of hydrogen-bond donors (Lipinski definition) is 2. The molecule has 0 aromatic carbocycles. The lowest BCUT2D eigenvalue weighted by molar-refractivity contribution is 0.350. The van der Waals surface area contributed by atoms with E-state index in [1.807, 2.05) is 0 Å². The van der Waals surface area contributed by atoms with E-state index >= 15 is 0 Å². The highest BCUT2D eigenvalue weighted by atomic mass is 16.3. The van der Waals surface area contributed by atoms with Crippen LogP contribution >= 0.6 is 0 Å². The molecule has 1 atom stereocenters. The molecule has 0 bridgehead atoms. The van der Waals surface area contributed by atoms with Gasteiger partial charge >= 0.3 is 0 Å². The molecule has 0 aliphatic carbocycles. The molecule has 2 rings (SSSR count). The first kappa shape index (κ1) is 8.56. The molecule has 0 spiro atoms. The van der Waals surface area contributed by atoms with Gasteiger partial charge < -0.3 is 10.4 Å². The fourth-order valence-corrected chi connectivity index (χ4v) is 1.76. The molecule has 1 aromatic rings. The molecule has 13 heavy (non-hydrogen) atoms. The molecular weight excluding hydrogens is 166 g/mol. The summed E-state index contributed by atoms with van der Waals surface area (Å²) in [6, 6.07) is 0.521. The van der Waals surface area contributed by atoms with Gasteiger partial charge in [-0.2, -0.15) is 5.10 Å². The summed E-state index contributed by atoms with van der Waals surface area (Å²) >= 11 is 0. The largest absolute Gasteiger partial charge is 0.505 e. The average molecular weight is 181 g/mol. The smallest absolute Gasteiger partial charge is 0.153 e. The van der Waals surface area contributed by atoms with Crippen molar-refractivity contribution in [1.29, 1.82) is 0 Å². The Labute approximate surface area is 77.6 Å². The highest BCUT2D eigenvalue weighted by molar-refractivity contribution is 5.08. The summed E-state index contributed by atoms with van der Waals surface area (Å²) in [7, 11) is 0.